The van der Waals surface area contributed by atoms with Crippen LogP contribution >= 0.6 is 11.3 Å². The fraction of sp³-hybridized carbons (Fsp3) is 0.500. The minimum Gasteiger partial charge on any atom is -0.448 e. The SMILES string of the molecule is Cc1cc(NC(=O)C(C)(C)C)sc1C(=O)O[C@H](C)C(N)=O. The molecular formula is C14H20N2O4S. The average Bonchev–Trinajstić information content (AvgIpc) is 2.68. The van der Waals surface area contributed by atoms with Crippen molar-refractivity contribution < 1.29 is 19.1 Å². The molecule has 1 aromatic heterocycles. The highest BCUT2D eigenvalue weighted by Crippen LogP contribution is 2.29. The first-order valence-electron chi connectivity index (χ1n) is 6.44. The Balaban J connectivity index is 2.86. The maximum atomic E-state index is 11.9. The summed E-state index contributed by atoms with van der Waals surface area (Å²) in [7, 11) is 0. The van der Waals surface area contributed by atoms with Crippen molar-refractivity contribution in [2.75, 3.05) is 5.32 Å². The summed E-state index contributed by atoms with van der Waals surface area (Å²) in [5, 5.41) is 3.32. The second-order valence-electron chi connectivity index (χ2n) is 5.78. The van der Waals surface area contributed by atoms with Gasteiger partial charge in [0.15, 0.2) is 6.10 Å². The lowest BCUT2D eigenvalue weighted by atomic mass is 9.96. The Morgan fingerprint density at radius 2 is 1.90 bits per heavy atom. The van der Waals surface area contributed by atoms with Crippen molar-refractivity contribution in [2.45, 2.75) is 40.7 Å². The van der Waals surface area contributed by atoms with Gasteiger partial charge >= 0.3 is 5.97 Å². The molecule has 0 saturated carbocycles. The first-order valence-corrected chi connectivity index (χ1v) is 7.26. The Morgan fingerprint density at radius 1 is 1.33 bits per heavy atom. The molecule has 0 bridgehead atoms. The summed E-state index contributed by atoms with van der Waals surface area (Å²) < 4.78 is 4.95. The predicted molar refractivity (Wildman–Crippen MR) is 81.2 cm³/mol. The quantitative estimate of drug-likeness (QED) is 0.831. The summed E-state index contributed by atoms with van der Waals surface area (Å²) in [4.78, 5) is 35.1. The Bertz CT molecular complexity index is 572. The number of carbonyl (C=O) groups is 3. The molecule has 0 aliphatic rings. The molecule has 0 fully saturated rings. The molecular weight excluding hydrogens is 292 g/mol. The third-order valence-corrected chi connectivity index (χ3v) is 3.84. The van der Waals surface area contributed by atoms with Crippen LogP contribution in [0.4, 0.5) is 5.00 Å². The van der Waals surface area contributed by atoms with Crippen LogP contribution in [0.5, 0.6) is 0 Å². The number of rotatable bonds is 4. The maximum absolute atomic E-state index is 11.9. The van der Waals surface area contributed by atoms with Gasteiger partial charge in [-0.2, -0.15) is 0 Å². The minimum absolute atomic E-state index is 0.144. The molecule has 1 atom stereocenters. The van der Waals surface area contributed by atoms with Crippen molar-refractivity contribution in [3.8, 4) is 0 Å². The van der Waals surface area contributed by atoms with Gasteiger partial charge in [0.2, 0.25) is 5.91 Å². The van der Waals surface area contributed by atoms with E-state index < -0.39 is 23.4 Å². The molecule has 0 spiro atoms. The molecule has 0 radical (unpaired) electrons. The molecule has 3 N–H and O–H groups in total. The highest BCUT2D eigenvalue weighted by Gasteiger charge is 2.24. The normalized spacial score (nSPS) is 12.6. The number of thiophene rings is 1. The molecule has 0 aliphatic heterocycles. The van der Waals surface area contributed by atoms with E-state index in [1.165, 1.54) is 6.92 Å². The van der Waals surface area contributed by atoms with Gasteiger partial charge in [-0.15, -0.1) is 11.3 Å². The second kappa shape index (κ2) is 6.26. The fourth-order valence-electron chi connectivity index (χ4n) is 1.32. The molecule has 7 heteroatoms. The number of anilines is 1. The van der Waals surface area contributed by atoms with Crippen LogP contribution in [0.3, 0.4) is 0 Å². The van der Waals surface area contributed by atoms with Crippen molar-refractivity contribution >= 4 is 34.1 Å². The number of carbonyl (C=O) groups excluding carboxylic acids is 3. The molecule has 1 heterocycles. The largest absolute Gasteiger partial charge is 0.448 e. The second-order valence-corrected chi connectivity index (χ2v) is 6.83. The van der Waals surface area contributed by atoms with Crippen LogP contribution in [0.15, 0.2) is 6.07 Å². The number of esters is 1. The maximum Gasteiger partial charge on any atom is 0.349 e. The van der Waals surface area contributed by atoms with Crippen molar-refractivity contribution in [2.24, 2.45) is 11.1 Å². The summed E-state index contributed by atoms with van der Waals surface area (Å²) in [5.74, 6) is -1.48. The zero-order valence-electron chi connectivity index (χ0n) is 12.8. The topological polar surface area (TPSA) is 98.5 Å². The van der Waals surface area contributed by atoms with E-state index in [-0.39, 0.29) is 5.91 Å². The number of nitrogens with one attached hydrogen (secondary N) is 1. The molecule has 116 valence electrons. The molecule has 1 aromatic rings. The van der Waals surface area contributed by atoms with Crippen LogP contribution in [0.2, 0.25) is 0 Å². The Kier molecular flexibility index (Phi) is 5.11. The van der Waals surface area contributed by atoms with E-state index >= 15 is 0 Å². The smallest absolute Gasteiger partial charge is 0.349 e. The third kappa shape index (κ3) is 4.56. The van der Waals surface area contributed by atoms with Crippen LogP contribution in [0.25, 0.3) is 0 Å². The third-order valence-electron chi connectivity index (χ3n) is 2.71. The number of amides is 2. The van der Waals surface area contributed by atoms with Gasteiger partial charge in [0, 0.05) is 5.41 Å². The lowest BCUT2D eigenvalue weighted by Gasteiger charge is -2.16. The van der Waals surface area contributed by atoms with Crippen LogP contribution in [0.1, 0.15) is 42.9 Å². The lowest BCUT2D eigenvalue weighted by molar-refractivity contribution is -0.125. The molecule has 0 unspecified atom stereocenters. The summed E-state index contributed by atoms with van der Waals surface area (Å²) in [6.07, 6.45) is -0.994. The molecule has 6 nitrogen and oxygen atoms in total. The number of nitrogens with two attached hydrogens (primary N) is 1. The van der Waals surface area contributed by atoms with Gasteiger partial charge in [-0.05, 0) is 25.5 Å². The van der Waals surface area contributed by atoms with Crippen molar-refractivity contribution in [3.05, 3.63) is 16.5 Å². The minimum atomic E-state index is -0.994. The highest BCUT2D eigenvalue weighted by atomic mass is 32.1. The zero-order chi connectivity index (χ0) is 16.4. The van der Waals surface area contributed by atoms with E-state index in [2.05, 4.69) is 5.32 Å². The van der Waals surface area contributed by atoms with E-state index in [1.54, 1.807) is 33.8 Å². The number of hydrogen-bond donors (Lipinski definition) is 2. The molecule has 1 rings (SSSR count). The van der Waals surface area contributed by atoms with Gasteiger partial charge in [-0.25, -0.2) is 4.79 Å². The van der Waals surface area contributed by atoms with Gasteiger partial charge in [0.1, 0.15) is 4.88 Å². The zero-order valence-corrected chi connectivity index (χ0v) is 13.6. The Hall–Kier alpha value is -1.89. The van der Waals surface area contributed by atoms with Crippen LogP contribution in [0, 0.1) is 12.3 Å². The molecule has 0 aliphatic carbocycles. The molecule has 0 aromatic carbocycles. The van der Waals surface area contributed by atoms with Crippen molar-refractivity contribution in [3.63, 3.8) is 0 Å². The summed E-state index contributed by atoms with van der Waals surface area (Å²) in [6.45, 7) is 8.53. The predicted octanol–water partition coefficient (Wildman–Crippen LogP) is 2.07. The Labute approximate surface area is 127 Å². The van der Waals surface area contributed by atoms with E-state index in [0.717, 1.165) is 11.3 Å². The van der Waals surface area contributed by atoms with Gasteiger partial charge < -0.3 is 15.8 Å². The van der Waals surface area contributed by atoms with Crippen molar-refractivity contribution in [1.29, 1.82) is 0 Å². The number of aryl methyl sites for hydroxylation is 1. The summed E-state index contributed by atoms with van der Waals surface area (Å²) in [5.41, 5.74) is 5.19. The van der Waals surface area contributed by atoms with E-state index in [1.807, 2.05) is 0 Å². The fourth-order valence-corrected chi connectivity index (χ4v) is 2.27. The van der Waals surface area contributed by atoms with Crippen LogP contribution in [-0.4, -0.2) is 23.9 Å². The standard InChI is InChI=1S/C14H20N2O4S/c1-7-6-9(16-13(19)14(3,4)5)21-10(7)12(18)20-8(2)11(15)17/h6,8H,1-5H3,(H2,15,17)(H,16,19)/t8-/m1/s1. The molecule has 0 saturated heterocycles. The van der Waals surface area contributed by atoms with E-state index in [0.29, 0.717) is 15.4 Å². The van der Waals surface area contributed by atoms with Gasteiger partial charge in [0.05, 0.1) is 5.00 Å². The number of hydrogen-bond acceptors (Lipinski definition) is 5. The van der Waals surface area contributed by atoms with Gasteiger partial charge in [-0.1, -0.05) is 20.8 Å². The highest BCUT2D eigenvalue weighted by molar-refractivity contribution is 7.18. The van der Waals surface area contributed by atoms with Crippen LogP contribution in [-0.2, 0) is 14.3 Å². The molecule has 21 heavy (non-hydrogen) atoms. The molecule has 2 amide bonds. The average molecular weight is 312 g/mol. The first kappa shape index (κ1) is 17.2. The summed E-state index contributed by atoms with van der Waals surface area (Å²) in [6, 6.07) is 1.69. The summed E-state index contributed by atoms with van der Waals surface area (Å²) >= 11 is 1.11. The lowest BCUT2D eigenvalue weighted by Crippen LogP contribution is -2.30. The van der Waals surface area contributed by atoms with Gasteiger partial charge in [0.25, 0.3) is 5.91 Å². The monoisotopic (exact) mass is 312 g/mol. The number of primary amides is 1. The first-order chi connectivity index (χ1) is 9.52. The van der Waals surface area contributed by atoms with E-state index in [4.69, 9.17) is 10.5 Å². The number of ether oxygens (including phenoxy) is 1. The van der Waals surface area contributed by atoms with E-state index in [9.17, 15) is 14.4 Å². The van der Waals surface area contributed by atoms with Gasteiger partial charge in [-0.3, -0.25) is 9.59 Å². The van der Waals surface area contributed by atoms with Crippen LogP contribution < -0.4 is 11.1 Å². The van der Waals surface area contributed by atoms with Crippen molar-refractivity contribution in [1.82, 2.24) is 0 Å². The Morgan fingerprint density at radius 3 is 2.38 bits per heavy atom.